The molecule has 38 heavy (non-hydrogen) atoms. The van der Waals surface area contributed by atoms with Crippen LogP contribution in [0.2, 0.25) is 0 Å². The van der Waals surface area contributed by atoms with E-state index in [0.717, 1.165) is 0 Å². The Hall–Kier alpha value is -1.38. The second kappa shape index (κ2) is 13.3. The van der Waals surface area contributed by atoms with Crippen LogP contribution in [0.25, 0.3) is 0 Å². The minimum atomic E-state index is -1.74. The molecule has 0 aliphatic carbocycles. The highest BCUT2D eigenvalue weighted by Crippen LogP contribution is 2.40. The summed E-state index contributed by atoms with van der Waals surface area (Å²) in [4.78, 5) is 24.3. The van der Waals surface area contributed by atoms with Crippen molar-refractivity contribution in [1.29, 1.82) is 0 Å². The number of carboxylic acids is 1. The van der Waals surface area contributed by atoms with E-state index in [9.17, 15) is 35.1 Å². The Morgan fingerprint density at radius 3 is 1.92 bits per heavy atom. The van der Waals surface area contributed by atoms with Gasteiger partial charge in [0.15, 0.2) is 12.4 Å². The molecule has 0 spiro atoms. The molecule has 2 rings (SSSR count). The molecule has 0 radical (unpaired) electrons. The molecule has 2 fully saturated rings. The van der Waals surface area contributed by atoms with E-state index in [-0.39, 0.29) is 0 Å². The van der Waals surface area contributed by atoms with Gasteiger partial charge in [0.1, 0.15) is 36.6 Å². The summed E-state index contributed by atoms with van der Waals surface area (Å²) >= 11 is 0. The molecule has 10 unspecified atom stereocenters. The van der Waals surface area contributed by atoms with Crippen molar-refractivity contribution in [3.63, 3.8) is 0 Å². The first-order chi connectivity index (χ1) is 17.7. The monoisotopic (exact) mass is 549 g/mol. The lowest BCUT2D eigenvalue weighted by Gasteiger charge is -2.52. The molecule has 222 valence electrons. The van der Waals surface area contributed by atoms with E-state index < -0.39 is 90.7 Å². The topological polar surface area (TPSA) is 184 Å². The molecular formula is C26H47NO11. The number of ether oxygens (including phenoxy) is 4. The van der Waals surface area contributed by atoms with Gasteiger partial charge in [-0.25, -0.2) is 4.79 Å². The predicted molar refractivity (Wildman–Crippen MR) is 135 cm³/mol. The van der Waals surface area contributed by atoms with E-state index in [4.69, 9.17) is 18.9 Å². The molecule has 0 aromatic carbocycles. The third kappa shape index (κ3) is 6.84. The molecule has 0 saturated carbocycles. The normalized spacial score (nSPS) is 36.6. The third-order valence-corrected chi connectivity index (χ3v) is 8.57. The summed E-state index contributed by atoms with van der Waals surface area (Å²) in [5, 5.41) is 55.6. The average Bonchev–Trinajstić information content (AvgIpc) is 2.89. The van der Waals surface area contributed by atoms with Gasteiger partial charge in [0.05, 0.1) is 24.4 Å². The van der Waals surface area contributed by atoms with Crippen molar-refractivity contribution in [2.75, 3.05) is 6.61 Å². The Labute approximate surface area is 224 Å². The fraction of sp³-hybridized carbons (Fsp3) is 0.923. The van der Waals surface area contributed by atoms with Gasteiger partial charge in [-0.15, -0.1) is 0 Å². The van der Waals surface area contributed by atoms with Crippen LogP contribution in [-0.4, -0.2) is 111 Å². The summed E-state index contributed by atoms with van der Waals surface area (Å²) in [6.45, 7) is 12.1. The van der Waals surface area contributed by atoms with Crippen molar-refractivity contribution >= 4 is 11.9 Å². The second-order valence-corrected chi connectivity index (χ2v) is 10.9. The Morgan fingerprint density at radius 1 is 0.895 bits per heavy atom. The van der Waals surface area contributed by atoms with Crippen LogP contribution in [0, 0.1) is 5.41 Å². The highest BCUT2D eigenvalue weighted by atomic mass is 16.7. The number of nitrogens with one attached hydrogen (secondary N) is 1. The minimum Gasteiger partial charge on any atom is -0.479 e. The number of hydrogen-bond acceptors (Lipinski definition) is 10. The van der Waals surface area contributed by atoms with Gasteiger partial charge in [-0.2, -0.15) is 0 Å². The molecule has 0 bridgehead atoms. The fourth-order valence-corrected chi connectivity index (χ4v) is 5.09. The first-order valence-corrected chi connectivity index (χ1v) is 13.5. The van der Waals surface area contributed by atoms with Crippen LogP contribution in [0.4, 0.5) is 0 Å². The van der Waals surface area contributed by atoms with Crippen molar-refractivity contribution in [3.05, 3.63) is 0 Å². The lowest BCUT2D eigenvalue weighted by molar-refractivity contribution is -0.340. The number of aliphatic hydroxyl groups is 4. The van der Waals surface area contributed by atoms with Gasteiger partial charge in [0, 0.05) is 6.92 Å². The number of hydrogen-bond donors (Lipinski definition) is 6. The van der Waals surface area contributed by atoms with Crippen LogP contribution in [0.1, 0.15) is 74.1 Å². The molecule has 12 heteroatoms. The maximum absolute atomic E-state index is 12.2. The number of amides is 1. The van der Waals surface area contributed by atoms with E-state index in [1.165, 1.54) is 6.92 Å². The smallest absolute Gasteiger partial charge is 0.335 e. The SMILES string of the molecule is CCC(C)(CC)OC1C(C(=O)O)OC(OC2C(O)C(CO)OC(C(C)(CC)CC)C2NC(C)=O)C(O)C1O. The van der Waals surface area contributed by atoms with E-state index in [1.807, 2.05) is 34.6 Å². The van der Waals surface area contributed by atoms with Crippen LogP contribution in [0.3, 0.4) is 0 Å². The maximum atomic E-state index is 12.2. The van der Waals surface area contributed by atoms with Crippen LogP contribution in [0.15, 0.2) is 0 Å². The highest BCUT2D eigenvalue weighted by Gasteiger charge is 2.56. The molecule has 0 aromatic heterocycles. The van der Waals surface area contributed by atoms with Gasteiger partial charge in [-0.05, 0) is 38.0 Å². The summed E-state index contributed by atoms with van der Waals surface area (Å²) in [5.74, 6) is -1.85. The zero-order valence-corrected chi connectivity index (χ0v) is 23.5. The molecule has 1 amide bonds. The van der Waals surface area contributed by atoms with Crippen LogP contribution < -0.4 is 5.32 Å². The lowest BCUT2D eigenvalue weighted by Crippen LogP contribution is -2.70. The van der Waals surface area contributed by atoms with Gasteiger partial charge in [-0.1, -0.05) is 34.6 Å². The first-order valence-electron chi connectivity index (χ1n) is 13.5. The van der Waals surface area contributed by atoms with E-state index in [1.54, 1.807) is 6.92 Å². The number of aliphatic carboxylic acids is 1. The molecule has 12 nitrogen and oxygen atoms in total. The molecule has 0 aromatic rings. The molecule has 2 aliphatic rings. The fourth-order valence-electron chi connectivity index (χ4n) is 5.09. The third-order valence-electron chi connectivity index (χ3n) is 8.57. The molecular weight excluding hydrogens is 502 g/mol. The van der Waals surface area contributed by atoms with Crippen molar-refractivity contribution in [1.82, 2.24) is 5.32 Å². The lowest BCUT2D eigenvalue weighted by atomic mass is 9.72. The standard InChI is InChI=1S/C26H47NO11/c1-8-25(6,9-2)22-15(27-13(5)29)19(16(30)14(12-28)35-22)36-24-18(32)17(31)20(21(37-24)23(33)34)38-26(7,10-3)11-4/h14-22,24,28,30-32H,8-12H2,1-7H3,(H,27,29)(H,33,34). The van der Waals surface area contributed by atoms with Crippen LogP contribution in [0.5, 0.6) is 0 Å². The zero-order chi connectivity index (χ0) is 29.0. The molecule has 2 heterocycles. The van der Waals surface area contributed by atoms with Crippen molar-refractivity contribution < 1.29 is 54.1 Å². The number of aliphatic hydroxyl groups excluding tert-OH is 4. The summed E-state index contributed by atoms with van der Waals surface area (Å²) in [7, 11) is 0. The molecule has 10 atom stereocenters. The summed E-state index contributed by atoms with van der Waals surface area (Å²) in [6.07, 6.45) is -10.4. The van der Waals surface area contributed by atoms with Gasteiger partial charge < -0.3 is 49.8 Å². The predicted octanol–water partition coefficient (Wildman–Crippen LogP) is 0.318. The largest absolute Gasteiger partial charge is 0.479 e. The van der Waals surface area contributed by atoms with Crippen molar-refractivity contribution in [2.24, 2.45) is 5.41 Å². The molecule has 2 aliphatic heterocycles. The highest BCUT2D eigenvalue weighted by molar-refractivity contribution is 5.74. The summed E-state index contributed by atoms with van der Waals surface area (Å²) in [6, 6.07) is -0.941. The quantitative estimate of drug-likeness (QED) is 0.197. The number of rotatable bonds is 12. The Kier molecular flexibility index (Phi) is 11.5. The molecule has 6 N–H and O–H groups in total. The Bertz CT molecular complexity index is 787. The van der Waals surface area contributed by atoms with Crippen LogP contribution >= 0.6 is 0 Å². The zero-order valence-electron chi connectivity index (χ0n) is 23.5. The van der Waals surface area contributed by atoms with Gasteiger partial charge >= 0.3 is 5.97 Å². The van der Waals surface area contributed by atoms with Crippen molar-refractivity contribution in [2.45, 2.75) is 141 Å². The summed E-state index contributed by atoms with van der Waals surface area (Å²) < 4.78 is 23.7. The Morgan fingerprint density at radius 2 is 1.47 bits per heavy atom. The summed E-state index contributed by atoms with van der Waals surface area (Å²) in [5.41, 5.74) is -1.27. The van der Waals surface area contributed by atoms with Gasteiger partial charge in [0.2, 0.25) is 5.91 Å². The molecule has 2 saturated heterocycles. The number of carboxylic acid groups (broad SMARTS) is 1. The van der Waals surface area contributed by atoms with E-state index >= 15 is 0 Å². The number of carbonyl (C=O) groups excluding carboxylic acids is 1. The minimum absolute atomic E-state index is 0.429. The first kappa shape index (κ1) is 32.8. The van der Waals surface area contributed by atoms with Gasteiger partial charge in [-0.3, -0.25) is 4.79 Å². The second-order valence-electron chi connectivity index (χ2n) is 10.9. The van der Waals surface area contributed by atoms with E-state index in [0.29, 0.717) is 25.7 Å². The van der Waals surface area contributed by atoms with Crippen LogP contribution in [-0.2, 0) is 28.5 Å². The maximum Gasteiger partial charge on any atom is 0.335 e. The Balaban J connectivity index is 2.44. The van der Waals surface area contributed by atoms with Gasteiger partial charge in [0.25, 0.3) is 0 Å². The number of carbonyl (C=O) groups is 2. The van der Waals surface area contributed by atoms with E-state index in [2.05, 4.69) is 5.32 Å². The van der Waals surface area contributed by atoms with Crippen molar-refractivity contribution in [3.8, 4) is 0 Å². The average molecular weight is 550 g/mol.